The first-order valence-corrected chi connectivity index (χ1v) is 6.18. The number of anilines is 1. The molecule has 1 aromatic carbocycles. The number of H-pyrrole nitrogens is 1. The van der Waals surface area contributed by atoms with Gasteiger partial charge in [-0.3, -0.25) is 9.78 Å². The number of carbonyl (C=O) groups is 1. The van der Waals surface area contributed by atoms with Crippen molar-refractivity contribution < 1.29 is 14.3 Å². The molecule has 0 saturated heterocycles. The minimum absolute atomic E-state index is 0.139. The number of hydrogen-bond acceptors (Lipinski definition) is 4. The molecule has 0 bridgehead atoms. The maximum atomic E-state index is 12.1. The maximum absolute atomic E-state index is 12.1. The molecule has 1 heterocycles. The molecule has 1 aromatic heterocycles. The van der Waals surface area contributed by atoms with E-state index in [9.17, 15) is 14.7 Å². The highest BCUT2D eigenvalue weighted by Gasteiger charge is 2.43. The second-order valence-electron chi connectivity index (χ2n) is 4.97. The summed E-state index contributed by atoms with van der Waals surface area (Å²) in [6.07, 6.45) is 2.37. The summed E-state index contributed by atoms with van der Waals surface area (Å²) in [6, 6.07) is 4.95. The minimum Gasteiger partial charge on any atom is -0.408 e. The fourth-order valence-corrected chi connectivity index (χ4v) is 2.35. The van der Waals surface area contributed by atoms with Crippen LogP contribution < -0.4 is 11.1 Å². The third-order valence-electron chi connectivity index (χ3n) is 3.77. The minimum atomic E-state index is -0.645. The normalized spacial score (nSPS) is 17.1. The van der Waals surface area contributed by atoms with Gasteiger partial charge >= 0.3 is 5.76 Å². The lowest BCUT2D eigenvalue weighted by Crippen LogP contribution is -2.44. The molecule has 1 saturated carbocycles. The van der Waals surface area contributed by atoms with Crippen LogP contribution >= 0.6 is 0 Å². The summed E-state index contributed by atoms with van der Waals surface area (Å²) >= 11 is 0. The Balaban J connectivity index is 1.84. The van der Waals surface area contributed by atoms with Crippen LogP contribution in [-0.4, -0.2) is 22.6 Å². The van der Waals surface area contributed by atoms with Crippen LogP contribution in [0.4, 0.5) is 5.69 Å². The standard InChI is InChI=1S/C13H14N2O4/c16-7-13(4-1-5-13)11(17)14-8-2-3-9-10(6-8)19-12(18)15-9/h2-3,6,16H,1,4-5,7H2,(H,14,17)(H,15,18). The number of aliphatic hydroxyl groups is 1. The highest BCUT2D eigenvalue weighted by molar-refractivity contribution is 5.97. The van der Waals surface area contributed by atoms with Crippen molar-refractivity contribution in [2.75, 3.05) is 11.9 Å². The number of nitrogens with one attached hydrogen (secondary N) is 2. The first kappa shape index (κ1) is 12.0. The number of benzene rings is 1. The highest BCUT2D eigenvalue weighted by Crippen LogP contribution is 2.41. The maximum Gasteiger partial charge on any atom is 0.417 e. The van der Waals surface area contributed by atoms with E-state index >= 15 is 0 Å². The topological polar surface area (TPSA) is 95.3 Å². The molecule has 1 fully saturated rings. The molecule has 0 radical (unpaired) electrons. The summed E-state index contributed by atoms with van der Waals surface area (Å²) in [5, 5.41) is 12.1. The van der Waals surface area contributed by atoms with Crippen LogP contribution in [0.5, 0.6) is 0 Å². The molecule has 3 N–H and O–H groups in total. The van der Waals surface area contributed by atoms with Gasteiger partial charge in [0.2, 0.25) is 5.91 Å². The second kappa shape index (κ2) is 4.24. The highest BCUT2D eigenvalue weighted by atomic mass is 16.4. The molecule has 0 unspecified atom stereocenters. The average molecular weight is 262 g/mol. The van der Waals surface area contributed by atoms with Crippen molar-refractivity contribution in [3.05, 3.63) is 28.7 Å². The van der Waals surface area contributed by atoms with Gasteiger partial charge in [0.05, 0.1) is 17.5 Å². The van der Waals surface area contributed by atoms with E-state index in [0.717, 1.165) is 6.42 Å². The van der Waals surface area contributed by atoms with Gasteiger partial charge in [0, 0.05) is 11.8 Å². The Morgan fingerprint density at radius 2 is 2.26 bits per heavy atom. The van der Waals surface area contributed by atoms with Gasteiger partial charge < -0.3 is 14.8 Å². The van der Waals surface area contributed by atoms with Crippen molar-refractivity contribution in [2.24, 2.45) is 5.41 Å². The van der Waals surface area contributed by atoms with E-state index < -0.39 is 11.2 Å². The van der Waals surface area contributed by atoms with Crippen molar-refractivity contribution >= 4 is 22.7 Å². The van der Waals surface area contributed by atoms with Crippen LogP contribution in [0.1, 0.15) is 19.3 Å². The number of rotatable bonds is 3. The number of aliphatic hydroxyl groups excluding tert-OH is 1. The van der Waals surface area contributed by atoms with E-state index in [2.05, 4.69) is 10.3 Å². The number of amides is 1. The Kier molecular flexibility index (Phi) is 2.67. The Hall–Kier alpha value is -2.08. The van der Waals surface area contributed by atoms with Gasteiger partial charge in [0.25, 0.3) is 0 Å². The zero-order valence-electron chi connectivity index (χ0n) is 10.2. The number of aromatic amines is 1. The van der Waals surface area contributed by atoms with Crippen LogP contribution in [0.15, 0.2) is 27.4 Å². The number of hydrogen-bond donors (Lipinski definition) is 3. The van der Waals surface area contributed by atoms with Crippen molar-refractivity contribution in [3.8, 4) is 0 Å². The van der Waals surface area contributed by atoms with Gasteiger partial charge in [-0.15, -0.1) is 0 Å². The zero-order chi connectivity index (χ0) is 13.5. The molecule has 1 amide bonds. The van der Waals surface area contributed by atoms with Crippen LogP contribution in [0.2, 0.25) is 0 Å². The molecule has 6 heteroatoms. The predicted molar refractivity (Wildman–Crippen MR) is 68.8 cm³/mol. The van der Waals surface area contributed by atoms with E-state index in [-0.39, 0.29) is 12.5 Å². The second-order valence-corrected chi connectivity index (χ2v) is 4.97. The zero-order valence-corrected chi connectivity index (χ0v) is 10.2. The summed E-state index contributed by atoms with van der Waals surface area (Å²) in [4.78, 5) is 25.7. The Labute approximate surface area is 108 Å². The molecule has 2 aromatic rings. The van der Waals surface area contributed by atoms with E-state index in [1.165, 1.54) is 0 Å². The third kappa shape index (κ3) is 1.94. The molecule has 3 rings (SSSR count). The largest absolute Gasteiger partial charge is 0.417 e. The number of oxazole rings is 1. The molecule has 0 atom stereocenters. The van der Waals surface area contributed by atoms with Crippen molar-refractivity contribution in [1.29, 1.82) is 0 Å². The number of carbonyl (C=O) groups excluding carboxylic acids is 1. The molecule has 1 aliphatic rings. The van der Waals surface area contributed by atoms with Crippen LogP contribution in [0, 0.1) is 5.41 Å². The molecule has 6 nitrogen and oxygen atoms in total. The average Bonchev–Trinajstić information content (AvgIpc) is 2.67. The summed E-state index contributed by atoms with van der Waals surface area (Å²) < 4.78 is 4.93. The van der Waals surface area contributed by atoms with Gasteiger partial charge in [-0.2, -0.15) is 0 Å². The molecular weight excluding hydrogens is 248 g/mol. The van der Waals surface area contributed by atoms with Gasteiger partial charge in [0.1, 0.15) is 0 Å². The van der Waals surface area contributed by atoms with E-state index in [4.69, 9.17) is 4.42 Å². The molecule has 0 aliphatic heterocycles. The van der Waals surface area contributed by atoms with Crippen LogP contribution in [0.25, 0.3) is 11.1 Å². The van der Waals surface area contributed by atoms with Crippen molar-refractivity contribution in [1.82, 2.24) is 4.98 Å². The molecule has 1 aliphatic carbocycles. The van der Waals surface area contributed by atoms with Crippen LogP contribution in [0.3, 0.4) is 0 Å². The summed E-state index contributed by atoms with van der Waals surface area (Å²) in [5.74, 6) is -0.706. The summed E-state index contributed by atoms with van der Waals surface area (Å²) in [5.41, 5.74) is 0.895. The smallest absolute Gasteiger partial charge is 0.408 e. The predicted octanol–water partition coefficient (Wildman–Crippen LogP) is 1.22. The van der Waals surface area contributed by atoms with Gasteiger partial charge in [-0.25, -0.2) is 4.79 Å². The summed E-state index contributed by atoms with van der Waals surface area (Å²) in [6.45, 7) is -0.139. The summed E-state index contributed by atoms with van der Waals surface area (Å²) in [7, 11) is 0. The molecular formula is C13H14N2O4. The lowest BCUT2D eigenvalue weighted by Gasteiger charge is -2.38. The fraction of sp³-hybridized carbons (Fsp3) is 0.385. The molecule has 19 heavy (non-hydrogen) atoms. The first-order chi connectivity index (χ1) is 9.13. The fourth-order valence-electron chi connectivity index (χ4n) is 2.35. The van der Waals surface area contributed by atoms with E-state index in [1.807, 2.05) is 0 Å². The molecule has 100 valence electrons. The number of fused-ring (bicyclic) bond motifs is 1. The van der Waals surface area contributed by atoms with Gasteiger partial charge in [-0.05, 0) is 25.0 Å². The monoisotopic (exact) mass is 262 g/mol. The van der Waals surface area contributed by atoms with E-state index in [0.29, 0.717) is 29.6 Å². The van der Waals surface area contributed by atoms with Crippen LogP contribution in [-0.2, 0) is 4.79 Å². The molecule has 0 spiro atoms. The first-order valence-electron chi connectivity index (χ1n) is 6.18. The quantitative estimate of drug-likeness (QED) is 0.775. The van der Waals surface area contributed by atoms with Crippen molar-refractivity contribution in [3.63, 3.8) is 0 Å². The SMILES string of the molecule is O=C(Nc1ccc2[nH]c(=O)oc2c1)C1(CO)CCC1. The third-order valence-corrected chi connectivity index (χ3v) is 3.77. The Morgan fingerprint density at radius 1 is 1.47 bits per heavy atom. The van der Waals surface area contributed by atoms with E-state index in [1.54, 1.807) is 18.2 Å². The number of aromatic nitrogens is 1. The Morgan fingerprint density at radius 3 is 2.89 bits per heavy atom. The van der Waals surface area contributed by atoms with Crippen molar-refractivity contribution in [2.45, 2.75) is 19.3 Å². The lowest BCUT2D eigenvalue weighted by molar-refractivity contribution is -0.133. The van der Waals surface area contributed by atoms with Gasteiger partial charge in [0.15, 0.2) is 5.58 Å². The lowest BCUT2D eigenvalue weighted by atomic mass is 9.68. The Bertz CT molecular complexity index is 676. The van der Waals surface area contributed by atoms with Gasteiger partial charge in [-0.1, -0.05) is 6.42 Å².